The van der Waals surface area contributed by atoms with Gasteiger partial charge in [0.25, 0.3) is 5.91 Å². The Hall–Kier alpha value is -0.560. The lowest BCUT2D eigenvalue weighted by Crippen LogP contribution is -2.60. The molecule has 0 aromatic heterocycles. The zero-order valence-corrected chi connectivity index (χ0v) is 12.6. The lowest BCUT2D eigenvalue weighted by molar-refractivity contribution is -0.200. The number of hydrogen-bond donors (Lipinski definition) is 1. The monoisotopic (exact) mass is 309 g/mol. The van der Waals surface area contributed by atoms with Crippen LogP contribution in [0.25, 0.3) is 0 Å². The average molecular weight is 309 g/mol. The summed E-state index contributed by atoms with van der Waals surface area (Å²) in [6.45, 7) is 3.49. The Labute approximate surface area is 120 Å². The van der Waals surface area contributed by atoms with Gasteiger partial charge in [-0.3, -0.25) is 9.00 Å². The van der Waals surface area contributed by atoms with E-state index in [0.29, 0.717) is 12.8 Å². The molecule has 2 aliphatic rings. The van der Waals surface area contributed by atoms with Crippen molar-refractivity contribution in [1.82, 2.24) is 4.90 Å². The lowest BCUT2D eigenvalue weighted by atomic mass is 9.92. The second kappa shape index (κ2) is 5.33. The molecule has 1 amide bonds. The smallest absolute Gasteiger partial charge is 0.352 e. The van der Waals surface area contributed by atoms with Gasteiger partial charge >= 0.3 is 5.92 Å². The number of halogens is 2. The van der Waals surface area contributed by atoms with E-state index in [0.717, 1.165) is 4.90 Å². The Balaban J connectivity index is 2.16. The predicted molar refractivity (Wildman–Crippen MR) is 72.0 cm³/mol. The molecule has 2 atom stereocenters. The summed E-state index contributed by atoms with van der Waals surface area (Å²) >= 11 is 0. The summed E-state index contributed by atoms with van der Waals surface area (Å²) in [5.74, 6) is -5.08. The van der Waals surface area contributed by atoms with Gasteiger partial charge in [-0.05, 0) is 26.7 Å². The van der Waals surface area contributed by atoms with Gasteiger partial charge in [0.15, 0.2) is 0 Å². The molecular formula is C13H21F2NO3S. The minimum Gasteiger partial charge on any atom is -0.383 e. The van der Waals surface area contributed by atoms with E-state index in [1.54, 1.807) is 13.8 Å². The fraction of sp³-hybridized carbons (Fsp3) is 0.923. The maximum absolute atomic E-state index is 14.3. The SMILES string of the molecule is C[C@H]1CN(C(=O)C(F)(F)C2(O)CCCC2)C[C@H](C)S1=O. The summed E-state index contributed by atoms with van der Waals surface area (Å²) in [5.41, 5.74) is -2.22. The molecule has 0 bridgehead atoms. The number of hydrogen-bond acceptors (Lipinski definition) is 3. The molecule has 0 spiro atoms. The Bertz CT molecular complexity index is 410. The lowest BCUT2D eigenvalue weighted by Gasteiger charge is -2.39. The Kier molecular flexibility index (Phi) is 4.22. The van der Waals surface area contributed by atoms with Crippen LogP contribution in [0.4, 0.5) is 8.78 Å². The average Bonchev–Trinajstić information content (AvgIpc) is 2.83. The molecule has 4 nitrogen and oxygen atoms in total. The highest BCUT2D eigenvalue weighted by Gasteiger charge is 2.60. The first-order valence-electron chi connectivity index (χ1n) is 6.98. The van der Waals surface area contributed by atoms with Gasteiger partial charge in [-0.1, -0.05) is 12.8 Å². The summed E-state index contributed by atoms with van der Waals surface area (Å²) in [5, 5.41) is 9.40. The Morgan fingerprint density at radius 3 is 2.15 bits per heavy atom. The molecule has 116 valence electrons. The van der Waals surface area contributed by atoms with Gasteiger partial charge in [0, 0.05) is 34.4 Å². The first kappa shape index (κ1) is 15.8. The summed E-state index contributed by atoms with van der Waals surface area (Å²) in [6, 6.07) is 0. The van der Waals surface area contributed by atoms with Gasteiger partial charge in [0.2, 0.25) is 0 Å². The van der Waals surface area contributed by atoms with Crippen LogP contribution in [0.3, 0.4) is 0 Å². The van der Waals surface area contributed by atoms with Crippen molar-refractivity contribution in [3.8, 4) is 0 Å². The molecule has 1 N–H and O–H groups in total. The van der Waals surface area contributed by atoms with Crippen molar-refractivity contribution < 1.29 is 22.9 Å². The van der Waals surface area contributed by atoms with Crippen LogP contribution in [0.15, 0.2) is 0 Å². The molecule has 1 aliphatic carbocycles. The second-order valence-corrected chi connectivity index (χ2v) is 8.24. The molecule has 1 heterocycles. The highest BCUT2D eigenvalue weighted by Crippen LogP contribution is 2.43. The molecule has 1 aliphatic heterocycles. The van der Waals surface area contributed by atoms with Crippen LogP contribution < -0.4 is 0 Å². The second-order valence-electron chi connectivity index (χ2n) is 5.97. The standard InChI is InChI=1S/C13H21F2NO3S/c1-9-7-16(8-10(2)20(9)19)11(17)13(14,15)12(18)5-3-4-6-12/h9-10,18H,3-8H2,1-2H3/t9-,10-/m0/s1. The van der Waals surface area contributed by atoms with Crippen molar-refractivity contribution in [3.05, 3.63) is 0 Å². The minimum absolute atomic E-state index is 0.0450. The molecule has 2 rings (SSSR count). The van der Waals surface area contributed by atoms with E-state index in [9.17, 15) is 22.9 Å². The van der Waals surface area contributed by atoms with Crippen LogP contribution >= 0.6 is 0 Å². The van der Waals surface area contributed by atoms with Crippen molar-refractivity contribution in [2.45, 2.75) is 61.6 Å². The molecule has 0 aromatic carbocycles. The topological polar surface area (TPSA) is 57.6 Å². The highest BCUT2D eigenvalue weighted by molar-refractivity contribution is 7.86. The first-order chi connectivity index (χ1) is 9.19. The maximum atomic E-state index is 14.3. The predicted octanol–water partition coefficient (Wildman–Crippen LogP) is 1.29. The number of carbonyl (C=O) groups is 1. The third-order valence-corrected chi connectivity index (χ3v) is 6.20. The maximum Gasteiger partial charge on any atom is 0.352 e. The van der Waals surface area contributed by atoms with Crippen molar-refractivity contribution in [2.24, 2.45) is 0 Å². The summed E-state index contributed by atoms with van der Waals surface area (Å²) < 4.78 is 40.4. The molecular weight excluding hydrogens is 288 g/mol. The minimum atomic E-state index is -3.76. The van der Waals surface area contributed by atoms with Gasteiger partial charge in [-0.15, -0.1) is 0 Å². The van der Waals surface area contributed by atoms with Gasteiger partial charge < -0.3 is 10.0 Å². The molecule has 7 heteroatoms. The zero-order chi connectivity index (χ0) is 15.1. The third-order valence-electron chi connectivity index (χ3n) is 4.32. The zero-order valence-electron chi connectivity index (χ0n) is 11.8. The highest BCUT2D eigenvalue weighted by atomic mass is 32.2. The Morgan fingerprint density at radius 2 is 1.70 bits per heavy atom. The van der Waals surface area contributed by atoms with Crippen molar-refractivity contribution in [1.29, 1.82) is 0 Å². The van der Waals surface area contributed by atoms with E-state index in [2.05, 4.69) is 0 Å². The van der Waals surface area contributed by atoms with Crippen LogP contribution in [0.1, 0.15) is 39.5 Å². The Morgan fingerprint density at radius 1 is 1.25 bits per heavy atom. The number of aliphatic hydroxyl groups is 1. The largest absolute Gasteiger partial charge is 0.383 e. The van der Waals surface area contributed by atoms with E-state index in [1.807, 2.05) is 0 Å². The molecule has 0 unspecified atom stereocenters. The van der Waals surface area contributed by atoms with Crippen molar-refractivity contribution >= 4 is 16.7 Å². The van der Waals surface area contributed by atoms with Crippen LogP contribution in [-0.4, -0.2) is 55.2 Å². The van der Waals surface area contributed by atoms with E-state index in [4.69, 9.17) is 0 Å². The van der Waals surface area contributed by atoms with E-state index in [1.165, 1.54) is 0 Å². The first-order valence-corrected chi connectivity index (χ1v) is 8.25. The van der Waals surface area contributed by atoms with Gasteiger partial charge in [-0.2, -0.15) is 8.78 Å². The molecule has 1 saturated carbocycles. The fourth-order valence-electron chi connectivity index (χ4n) is 3.08. The number of nitrogens with zero attached hydrogens (tertiary/aromatic N) is 1. The number of rotatable bonds is 2. The molecule has 1 saturated heterocycles. The molecule has 0 aromatic rings. The number of amides is 1. The molecule has 2 fully saturated rings. The summed E-state index contributed by atoms with van der Waals surface area (Å²) in [4.78, 5) is 13.2. The van der Waals surface area contributed by atoms with Crippen LogP contribution in [0.5, 0.6) is 0 Å². The van der Waals surface area contributed by atoms with E-state index >= 15 is 0 Å². The summed E-state index contributed by atoms with van der Waals surface area (Å²) in [6.07, 6.45) is 0.930. The number of carbonyl (C=O) groups excluding carboxylic acids is 1. The summed E-state index contributed by atoms with van der Waals surface area (Å²) in [7, 11) is -1.11. The fourth-order valence-corrected chi connectivity index (χ4v) is 4.52. The normalized spacial score (nSPS) is 31.6. The molecule has 20 heavy (non-hydrogen) atoms. The van der Waals surface area contributed by atoms with Crippen LogP contribution in [0.2, 0.25) is 0 Å². The van der Waals surface area contributed by atoms with Crippen LogP contribution in [-0.2, 0) is 15.6 Å². The number of alkyl halides is 2. The van der Waals surface area contributed by atoms with Gasteiger partial charge in [0.05, 0.1) is 0 Å². The quantitative estimate of drug-likeness (QED) is 0.836. The van der Waals surface area contributed by atoms with E-state index in [-0.39, 0.29) is 36.4 Å². The van der Waals surface area contributed by atoms with Crippen LogP contribution in [0, 0.1) is 0 Å². The van der Waals surface area contributed by atoms with Gasteiger partial charge in [-0.25, -0.2) is 0 Å². The van der Waals surface area contributed by atoms with Crippen molar-refractivity contribution in [3.63, 3.8) is 0 Å². The van der Waals surface area contributed by atoms with Gasteiger partial charge in [0.1, 0.15) is 5.60 Å². The van der Waals surface area contributed by atoms with E-state index < -0.39 is 28.2 Å². The third kappa shape index (κ3) is 2.50. The van der Waals surface area contributed by atoms with Crippen molar-refractivity contribution in [2.75, 3.05) is 13.1 Å². The molecule has 0 radical (unpaired) electrons.